The number of nitriles is 1. The van der Waals surface area contributed by atoms with Crippen molar-refractivity contribution in [3.63, 3.8) is 0 Å². The zero-order chi connectivity index (χ0) is 10.8. The molecule has 3 heteroatoms. The molecule has 0 radical (unpaired) electrons. The van der Waals surface area contributed by atoms with Gasteiger partial charge in [-0.3, -0.25) is 0 Å². The third kappa shape index (κ3) is 2.31. The van der Waals surface area contributed by atoms with Gasteiger partial charge in [0.05, 0.1) is 18.1 Å². The van der Waals surface area contributed by atoms with E-state index in [-0.39, 0.29) is 0 Å². The van der Waals surface area contributed by atoms with Gasteiger partial charge in [0, 0.05) is 5.02 Å². The Balaban J connectivity index is 2.19. The molecule has 0 saturated heterocycles. The summed E-state index contributed by atoms with van der Waals surface area (Å²) in [5.74, 6) is -0.111. The lowest BCUT2D eigenvalue weighted by Gasteiger charge is -2.16. The molecule has 1 N–H and O–H groups in total. The predicted octanol–water partition coefficient (Wildman–Crippen LogP) is 2.72. The van der Waals surface area contributed by atoms with Crippen molar-refractivity contribution in [2.75, 3.05) is 0 Å². The van der Waals surface area contributed by atoms with Crippen LogP contribution in [0.3, 0.4) is 0 Å². The molecule has 2 rings (SSSR count). The van der Waals surface area contributed by atoms with Crippen LogP contribution in [0.15, 0.2) is 24.3 Å². The van der Waals surface area contributed by atoms with Gasteiger partial charge in [-0.2, -0.15) is 5.26 Å². The maximum Gasteiger partial charge on any atom is 0.0974 e. The molecular weight excluding hydrogens is 210 g/mol. The van der Waals surface area contributed by atoms with E-state index in [0.717, 1.165) is 18.4 Å². The summed E-state index contributed by atoms with van der Waals surface area (Å²) in [7, 11) is 0. The summed E-state index contributed by atoms with van der Waals surface area (Å²) in [5.41, 5.74) is 0.848. The van der Waals surface area contributed by atoms with E-state index in [1.54, 1.807) is 12.1 Å². The molecule has 2 atom stereocenters. The maximum atomic E-state index is 9.92. The van der Waals surface area contributed by atoms with Gasteiger partial charge in [0.2, 0.25) is 0 Å². The van der Waals surface area contributed by atoms with Crippen LogP contribution in [0.1, 0.15) is 24.3 Å². The first-order valence-electron chi connectivity index (χ1n) is 5.05. The molecule has 0 amide bonds. The Bertz CT molecular complexity index is 378. The van der Waals surface area contributed by atoms with Crippen LogP contribution in [0.2, 0.25) is 5.02 Å². The van der Waals surface area contributed by atoms with Crippen molar-refractivity contribution in [1.82, 2.24) is 0 Å². The Kier molecular flexibility index (Phi) is 2.95. The van der Waals surface area contributed by atoms with Gasteiger partial charge in [0.25, 0.3) is 0 Å². The lowest BCUT2D eigenvalue weighted by molar-refractivity contribution is 0.138. The van der Waals surface area contributed by atoms with Crippen LogP contribution >= 0.6 is 11.6 Å². The first kappa shape index (κ1) is 10.5. The molecule has 2 nitrogen and oxygen atoms in total. The van der Waals surface area contributed by atoms with Gasteiger partial charge in [0.1, 0.15) is 0 Å². The number of halogens is 1. The fraction of sp³-hybridized carbons (Fsp3) is 0.417. The topological polar surface area (TPSA) is 44.0 Å². The zero-order valence-corrected chi connectivity index (χ0v) is 8.98. The predicted molar refractivity (Wildman–Crippen MR) is 58.5 cm³/mol. The van der Waals surface area contributed by atoms with Crippen molar-refractivity contribution in [3.05, 3.63) is 34.9 Å². The second-order valence-electron chi connectivity index (χ2n) is 3.99. The van der Waals surface area contributed by atoms with E-state index in [9.17, 15) is 5.11 Å². The fourth-order valence-corrected chi connectivity index (χ4v) is 1.85. The summed E-state index contributed by atoms with van der Waals surface area (Å²) >= 11 is 5.77. The number of rotatable bonds is 3. The van der Waals surface area contributed by atoms with Gasteiger partial charge in [-0.1, -0.05) is 23.7 Å². The Hall–Kier alpha value is -1.04. The molecule has 1 aromatic rings. The largest absolute Gasteiger partial charge is 0.391 e. The van der Waals surface area contributed by atoms with Crippen molar-refractivity contribution in [1.29, 1.82) is 5.26 Å². The number of nitrogens with zero attached hydrogens (tertiary/aromatic N) is 1. The first-order valence-corrected chi connectivity index (χ1v) is 5.43. The number of hydrogen-bond acceptors (Lipinski definition) is 2. The van der Waals surface area contributed by atoms with Crippen molar-refractivity contribution < 1.29 is 5.11 Å². The Labute approximate surface area is 94.1 Å². The Morgan fingerprint density at radius 3 is 2.40 bits per heavy atom. The third-order valence-corrected chi connectivity index (χ3v) is 3.07. The van der Waals surface area contributed by atoms with Gasteiger partial charge in [-0.25, -0.2) is 0 Å². The van der Waals surface area contributed by atoms with E-state index in [1.165, 1.54) is 0 Å². The lowest BCUT2D eigenvalue weighted by atomic mass is 9.92. The molecule has 1 aliphatic carbocycles. The third-order valence-electron chi connectivity index (χ3n) is 2.81. The lowest BCUT2D eigenvalue weighted by Crippen LogP contribution is -2.19. The molecule has 15 heavy (non-hydrogen) atoms. The molecule has 0 aromatic heterocycles. The molecular formula is C12H12ClNO. The molecule has 0 spiro atoms. The molecule has 1 aromatic carbocycles. The van der Waals surface area contributed by atoms with Gasteiger partial charge in [-0.15, -0.1) is 0 Å². The molecule has 78 valence electrons. The molecule has 1 saturated carbocycles. The standard InChI is InChI=1S/C12H12ClNO/c13-10-5-3-8(4-6-10)11(7-14)12(15)9-1-2-9/h3-6,9,11-12,15H,1-2H2. The van der Waals surface area contributed by atoms with Crippen LogP contribution in [0.25, 0.3) is 0 Å². The highest BCUT2D eigenvalue weighted by molar-refractivity contribution is 6.30. The number of aliphatic hydroxyl groups is 1. The van der Waals surface area contributed by atoms with E-state index >= 15 is 0 Å². The highest BCUT2D eigenvalue weighted by Crippen LogP contribution is 2.38. The maximum absolute atomic E-state index is 9.92. The highest BCUT2D eigenvalue weighted by atomic mass is 35.5. The minimum absolute atomic E-state index is 0.310. The second-order valence-corrected chi connectivity index (χ2v) is 4.42. The first-order chi connectivity index (χ1) is 7.22. The van der Waals surface area contributed by atoms with Crippen LogP contribution in [-0.4, -0.2) is 11.2 Å². The Morgan fingerprint density at radius 2 is 1.93 bits per heavy atom. The molecule has 0 aliphatic heterocycles. The van der Waals surface area contributed by atoms with Crippen molar-refractivity contribution >= 4 is 11.6 Å². The average molecular weight is 222 g/mol. The highest BCUT2D eigenvalue weighted by Gasteiger charge is 2.35. The quantitative estimate of drug-likeness (QED) is 0.853. The van der Waals surface area contributed by atoms with E-state index in [1.807, 2.05) is 12.1 Å². The molecule has 0 heterocycles. The summed E-state index contributed by atoms with van der Waals surface area (Å²) in [6.45, 7) is 0. The molecule has 0 bridgehead atoms. The van der Waals surface area contributed by atoms with Crippen LogP contribution in [-0.2, 0) is 0 Å². The Morgan fingerprint density at radius 1 is 1.33 bits per heavy atom. The second kappa shape index (κ2) is 4.22. The zero-order valence-electron chi connectivity index (χ0n) is 8.23. The smallest absolute Gasteiger partial charge is 0.0974 e. The van der Waals surface area contributed by atoms with Crippen molar-refractivity contribution in [3.8, 4) is 6.07 Å². The van der Waals surface area contributed by atoms with Crippen LogP contribution in [0, 0.1) is 17.2 Å². The SMILES string of the molecule is N#CC(c1ccc(Cl)cc1)C(O)C1CC1. The monoisotopic (exact) mass is 221 g/mol. The minimum Gasteiger partial charge on any atom is -0.391 e. The molecule has 1 aliphatic rings. The normalized spacial score (nSPS) is 19.3. The summed E-state index contributed by atoms with van der Waals surface area (Å²) < 4.78 is 0. The van der Waals surface area contributed by atoms with Crippen molar-refractivity contribution in [2.45, 2.75) is 24.9 Å². The van der Waals surface area contributed by atoms with E-state index in [0.29, 0.717) is 10.9 Å². The van der Waals surface area contributed by atoms with Crippen LogP contribution in [0.5, 0.6) is 0 Å². The number of aliphatic hydroxyl groups excluding tert-OH is 1. The van der Waals surface area contributed by atoms with E-state index in [2.05, 4.69) is 6.07 Å². The summed E-state index contributed by atoms with van der Waals surface area (Å²) in [6, 6.07) is 9.28. The van der Waals surface area contributed by atoms with Gasteiger partial charge in [-0.05, 0) is 36.5 Å². The minimum atomic E-state index is -0.531. The van der Waals surface area contributed by atoms with Gasteiger partial charge >= 0.3 is 0 Å². The fourth-order valence-electron chi connectivity index (χ4n) is 1.73. The number of benzene rings is 1. The summed E-state index contributed by atoms with van der Waals surface area (Å²) in [6.07, 6.45) is 1.54. The molecule has 1 fully saturated rings. The molecule has 2 unspecified atom stereocenters. The van der Waals surface area contributed by atoms with Crippen LogP contribution in [0.4, 0.5) is 0 Å². The van der Waals surface area contributed by atoms with Gasteiger partial charge in [0.15, 0.2) is 0 Å². The summed E-state index contributed by atoms with van der Waals surface area (Å²) in [5, 5.41) is 19.6. The summed E-state index contributed by atoms with van der Waals surface area (Å²) in [4.78, 5) is 0. The van der Waals surface area contributed by atoms with E-state index in [4.69, 9.17) is 16.9 Å². The van der Waals surface area contributed by atoms with E-state index < -0.39 is 12.0 Å². The van der Waals surface area contributed by atoms with Crippen molar-refractivity contribution in [2.24, 2.45) is 5.92 Å². The average Bonchev–Trinajstić information content (AvgIpc) is 3.05. The number of hydrogen-bond donors (Lipinski definition) is 1. The van der Waals surface area contributed by atoms with Crippen LogP contribution < -0.4 is 0 Å². The van der Waals surface area contributed by atoms with Gasteiger partial charge < -0.3 is 5.11 Å².